The van der Waals surface area contributed by atoms with Crippen molar-refractivity contribution in [1.29, 1.82) is 0 Å². The second-order valence-corrected chi connectivity index (χ2v) is 7.44. The lowest BCUT2D eigenvalue weighted by Crippen LogP contribution is -2.52. The van der Waals surface area contributed by atoms with Crippen LogP contribution in [-0.4, -0.2) is 46.0 Å². The Kier molecular flexibility index (Phi) is 7.28. The highest BCUT2D eigenvalue weighted by molar-refractivity contribution is 7.89. The van der Waals surface area contributed by atoms with Crippen molar-refractivity contribution in [2.24, 2.45) is 0 Å². The fourth-order valence-corrected chi connectivity index (χ4v) is 3.88. The summed E-state index contributed by atoms with van der Waals surface area (Å²) in [6.07, 6.45) is 4.47. The van der Waals surface area contributed by atoms with E-state index in [4.69, 9.17) is 4.74 Å². The zero-order chi connectivity index (χ0) is 14.2. The SMILES string of the molecule is CCCNCCCCS(=O)(=O)NC1(C)CCCOC1. The molecule has 1 saturated heterocycles. The van der Waals surface area contributed by atoms with Crippen molar-refractivity contribution in [1.82, 2.24) is 10.0 Å². The molecule has 0 aromatic carbocycles. The summed E-state index contributed by atoms with van der Waals surface area (Å²) in [4.78, 5) is 0. The van der Waals surface area contributed by atoms with E-state index in [1.54, 1.807) is 0 Å². The van der Waals surface area contributed by atoms with E-state index in [9.17, 15) is 8.42 Å². The zero-order valence-electron chi connectivity index (χ0n) is 12.2. The van der Waals surface area contributed by atoms with Crippen LogP contribution >= 0.6 is 0 Å². The van der Waals surface area contributed by atoms with Crippen LogP contribution in [0.15, 0.2) is 0 Å². The smallest absolute Gasteiger partial charge is 0.212 e. The molecule has 0 bridgehead atoms. The van der Waals surface area contributed by atoms with Crippen molar-refractivity contribution >= 4 is 10.0 Å². The molecule has 1 fully saturated rings. The summed E-state index contributed by atoms with van der Waals surface area (Å²) in [5.41, 5.74) is -0.419. The van der Waals surface area contributed by atoms with Crippen LogP contribution in [0.1, 0.15) is 46.0 Å². The average molecular weight is 292 g/mol. The Bertz CT molecular complexity index is 338. The summed E-state index contributed by atoms with van der Waals surface area (Å²) in [6, 6.07) is 0. The molecular weight excluding hydrogens is 264 g/mol. The summed E-state index contributed by atoms with van der Waals surface area (Å²) in [6.45, 7) is 7.15. The third kappa shape index (κ3) is 7.25. The van der Waals surface area contributed by atoms with Crippen LogP contribution in [0.25, 0.3) is 0 Å². The van der Waals surface area contributed by atoms with E-state index < -0.39 is 15.6 Å². The molecule has 1 rings (SSSR count). The molecule has 5 nitrogen and oxygen atoms in total. The monoisotopic (exact) mass is 292 g/mol. The Labute approximate surface area is 117 Å². The third-order valence-corrected chi connectivity index (χ3v) is 4.91. The van der Waals surface area contributed by atoms with E-state index >= 15 is 0 Å². The van der Waals surface area contributed by atoms with Crippen molar-refractivity contribution in [3.63, 3.8) is 0 Å². The number of ether oxygens (including phenoxy) is 1. The lowest BCUT2D eigenvalue weighted by Gasteiger charge is -2.33. The maximum atomic E-state index is 12.0. The van der Waals surface area contributed by atoms with Crippen LogP contribution in [0.2, 0.25) is 0 Å². The average Bonchev–Trinajstić information content (AvgIpc) is 2.33. The van der Waals surface area contributed by atoms with Crippen molar-refractivity contribution in [2.75, 3.05) is 32.1 Å². The highest BCUT2D eigenvalue weighted by atomic mass is 32.2. The van der Waals surface area contributed by atoms with Gasteiger partial charge in [-0.2, -0.15) is 0 Å². The molecule has 2 N–H and O–H groups in total. The Morgan fingerprint density at radius 3 is 2.68 bits per heavy atom. The van der Waals surface area contributed by atoms with Gasteiger partial charge in [-0.25, -0.2) is 13.1 Å². The van der Waals surface area contributed by atoms with Crippen LogP contribution in [0.4, 0.5) is 0 Å². The molecule has 0 amide bonds. The van der Waals surface area contributed by atoms with Gasteiger partial charge in [-0.1, -0.05) is 6.92 Å². The summed E-state index contributed by atoms with van der Waals surface area (Å²) in [7, 11) is -3.19. The Balaban J connectivity index is 2.23. The summed E-state index contributed by atoms with van der Waals surface area (Å²) < 4.78 is 32.2. The number of unbranched alkanes of at least 4 members (excludes halogenated alkanes) is 1. The van der Waals surface area contributed by atoms with E-state index in [0.717, 1.165) is 45.4 Å². The van der Waals surface area contributed by atoms with Crippen molar-refractivity contribution in [2.45, 2.75) is 51.5 Å². The van der Waals surface area contributed by atoms with Gasteiger partial charge in [0.25, 0.3) is 0 Å². The second-order valence-electron chi connectivity index (χ2n) is 5.59. The minimum atomic E-state index is -3.19. The summed E-state index contributed by atoms with van der Waals surface area (Å²) in [5.74, 6) is 0.205. The van der Waals surface area contributed by atoms with Crippen molar-refractivity contribution < 1.29 is 13.2 Å². The molecule has 114 valence electrons. The number of hydrogen-bond donors (Lipinski definition) is 2. The Morgan fingerprint density at radius 2 is 2.05 bits per heavy atom. The van der Waals surface area contributed by atoms with Gasteiger partial charge in [-0.05, 0) is 52.1 Å². The number of nitrogens with one attached hydrogen (secondary N) is 2. The maximum Gasteiger partial charge on any atom is 0.212 e. The largest absolute Gasteiger partial charge is 0.380 e. The van der Waals surface area contributed by atoms with Crippen molar-refractivity contribution in [3.8, 4) is 0 Å². The van der Waals surface area contributed by atoms with E-state index in [2.05, 4.69) is 17.0 Å². The molecule has 0 radical (unpaired) electrons. The van der Waals surface area contributed by atoms with Gasteiger partial charge < -0.3 is 10.1 Å². The van der Waals surface area contributed by atoms with Crippen LogP contribution in [0, 0.1) is 0 Å². The number of rotatable bonds is 9. The van der Waals surface area contributed by atoms with Gasteiger partial charge in [0.15, 0.2) is 0 Å². The summed E-state index contributed by atoms with van der Waals surface area (Å²) >= 11 is 0. The highest BCUT2D eigenvalue weighted by Gasteiger charge is 2.31. The minimum Gasteiger partial charge on any atom is -0.380 e. The number of hydrogen-bond acceptors (Lipinski definition) is 4. The van der Waals surface area contributed by atoms with Gasteiger partial charge in [-0.3, -0.25) is 0 Å². The fourth-order valence-electron chi connectivity index (χ4n) is 2.28. The normalized spacial score (nSPS) is 24.5. The molecular formula is C13H28N2O3S. The first-order valence-electron chi connectivity index (χ1n) is 7.27. The van der Waals surface area contributed by atoms with E-state index in [1.807, 2.05) is 6.92 Å². The summed E-state index contributed by atoms with van der Waals surface area (Å²) in [5, 5.41) is 3.27. The van der Waals surface area contributed by atoms with Gasteiger partial charge in [0, 0.05) is 6.61 Å². The van der Waals surface area contributed by atoms with Gasteiger partial charge in [0.2, 0.25) is 10.0 Å². The molecule has 0 aromatic heterocycles. The van der Waals surface area contributed by atoms with Gasteiger partial charge in [0.05, 0.1) is 17.9 Å². The Hall–Kier alpha value is -0.170. The second kappa shape index (κ2) is 8.19. The minimum absolute atomic E-state index is 0.205. The van der Waals surface area contributed by atoms with Crippen LogP contribution in [0.3, 0.4) is 0 Å². The Morgan fingerprint density at radius 1 is 1.26 bits per heavy atom. The van der Waals surface area contributed by atoms with E-state index in [1.165, 1.54) is 0 Å². The van der Waals surface area contributed by atoms with Gasteiger partial charge in [-0.15, -0.1) is 0 Å². The molecule has 0 saturated carbocycles. The third-order valence-electron chi connectivity index (χ3n) is 3.28. The molecule has 0 aliphatic carbocycles. The van der Waals surface area contributed by atoms with Gasteiger partial charge in [0.1, 0.15) is 0 Å². The molecule has 1 aliphatic heterocycles. The number of sulfonamides is 1. The predicted octanol–water partition coefficient (Wildman–Crippen LogP) is 1.25. The van der Waals surface area contributed by atoms with Crippen LogP contribution < -0.4 is 10.0 Å². The quantitative estimate of drug-likeness (QED) is 0.628. The maximum absolute atomic E-state index is 12.0. The lowest BCUT2D eigenvalue weighted by atomic mass is 9.97. The molecule has 0 spiro atoms. The first-order chi connectivity index (χ1) is 8.97. The van der Waals surface area contributed by atoms with Crippen molar-refractivity contribution in [3.05, 3.63) is 0 Å². The fraction of sp³-hybridized carbons (Fsp3) is 1.00. The van der Waals surface area contributed by atoms with E-state index in [0.29, 0.717) is 13.0 Å². The van der Waals surface area contributed by atoms with E-state index in [-0.39, 0.29) is 5.75 Å². The molecule has 0 aromatic rings. The lowest BCUT2D eigenvalue weighted by molar-refractivity contribution is 0.0386. The standard InChI is InChI=1S/C13H28N2O3S/c1-3-8-14-9-4-5-11-19(16,17)15-13(2)7-6-10-18-12-13/h14-15H,3-12H2,1-2H3. The molecule has 1 aliphatic rings. The first-order valence-corrected chi connectivity index (χ1v) is 8.93. The topological polar surface area (TPSA) is 67.4 Å². The van der Waals surface area contributed by atoms with Crippen LogP contribution in [0.5, 0.6) is 0 Å². The molecule has 19 heavy (non-hydrogen) atoms. The van der Waals surface area contributed by atoms with Gasteiger partial charge >= 0.3 is 0 Å². The molecule has 1 atom stereocenters. The molecule has 6 heteroatoms. The zero-order valence-corrected chi connectivity index (χ0v) is 13.0. The first kappa shape index (κ1) is 16.9. The molecule has 1 heterocycles. The predicted molar refractivity (Wildman–Crippen MR) is 77.8 cm³/mol. The molecule has 1 unspecified atom stereocenters. The highest BCUT2D eigenvalue weighted by Crippen LogP contribution is 2.19. The van der Waals surface area contributed by atoms with Crippen LogP contribution in [-0.2, 0) is 14.8 Å².